The third-order valence-corrected chi connectivity index (χ3v) is 4.57. The van der Waals surface area contributed by atoms with Crippen LogP contribution in [0.3, 0.4) is 0 Å². The van der Waals surface area contributed by atoms with E-state index in [1.807, 2.05) is 11.9 Å². The van der Waals surface area contributed by atoms with Gasteiger partial charge in [-0.2, -0.15) is 0 Å². The highest BCUT2D eigenvalue weighted by Crippen LogP contribution is 2.28. The second-order valence-corrected chi connectivity index (χ2v) is 6.11. The SMILES string of the molecule is CN(CC1CCCCN1)C(=O)CCC1CCCC1. The number of likely N-dealkylation sites (N-methyl/N-ethyl adjacent to an activating group) is 1. The third-order valence-electron chi connectivity index (χ3n) is 4.57. The molecule has 18 heavy (non-hydrogen) atoms. The first-order chi connectivity index (χ1) is 8.75. The van der Waals surface area contributed by atoms with Crippen molar-refractivity contribution in [3.63, 3.8) is 0 Å². The van der Waals surface area contributed by atoms with Crippen LogP contribution >= 0.6 is 0 Å². The fourth-order valence-electron chi connectivity index (χ4n) is 3.33. The summed E-state index contributed by atoms with van der Waals surface area (Å²) in [6.45, 7) is 2.01. The molecule has 3 heteroatoms. The standard InChI is InChI=1S/C15H28N2O/c1-17(12-14-8-4-5-11-16-14)15(18)10-9-13-6-2-3-7-13/h13-14,16H,2-12H2,1H3. The number of hydrogen-bond donors (Lipinski definition) is 1. The van der Waals surface area contributed by atoms with E-state index >= 15 is 0 Å². The summed E-state index contributed by atoms with van der Waals surface area (Å²) in [4.78, 5) is 14.0. The van der Waals surface area contributed by atoms with E-state index in [9.17, 15) is 4.79 Å². The minimum Gasteiger partial charge on any atom is -0.344 e. The molecule has 0 aromatic carbocycles. The van der Waals surface area contributed by atoms with E-state index in [0.717, 1.165) is 31.8 Å². The molecular formula is C15H28N2O. The van der Waals surface area contributed by atoms with E-state index in [1.54, 1.807) is 0 Å². The second-order valence-electron chi connectivity index (χ2n) is 6.11. The molecule has 3 nitrogen and oxygen atoms in total. The summed E-state index contributed by atoms with van der Waals surface area (Å²) in [5, 5.41) is 3.51. The van der Waals surface area contributed by atoms with Crippen LogP contribution in [0.25, 0.3) is 0 Å². The zero-order valence-corrected chi connectivity index (χ0v) is 11.8. The Balaban J connectivity index is 1.63. The monoisotopic (exact) mass is 252 g/mol. The first-order valence-electron chi connectivity index (χ1n) is 7.73. The van der Waals surface area contributed by atoms with E-state index in [0.29, 0.717) is 11.9 Å². The number of rotatable bonds is 5. The fourth-order valence-corrected chi connectivity index (χ4v) is 3.33. The molecule has 2 aliphatic rings. The lowest BCUT2D eigenvalue weighted by Crippen LogP contribution is -2.44. The lowest BCUT2D eigenvalue weighted by atomic mass is 10.0. The van der Waals surface area contributed by atoms with Crippen molar-refractivity contribution in [2.45, 2.75) is 63.8 Å². The van der Waals surface area contributed by atoms with Gasteiger partial charge in [-0.05, 0) is 31.7 Å². The Morgan fingerprint density at radius 1 is 1.17 bits per heavy atom. The second kappa shape index (κ2) is 7.13. The van der Waals surface area contributed by atoms with Crippen molar-refractivity contribution >= 4 is 5.91 Å². The van der Waals surface area contributed by atoms with Crippen LogP contribution < -0.4 is 5.32 Å². The van der Waals surface area contributed by atoms with Crippen LogP contribution in [0.15, 0.2) is 0 Å². The van der Waals surface area contributed by atoms with Crippen LogP contribution in [0.1, 0.15) is 57.8 Å². The first kappa shape index (κ1) is 13.9. The Labute approximate surface area is 111 Å². The van der Waals surface area contributed by atoms with Crippen molar-refractivity contribution in [3.8, 4) is 0 Å². The van der Waals surface area contributed by atoms with Gasteiger partial charge in [-0.3, -0.25) is 4.79 Å². The molecule has 1 saturated heterocycles. The maximum absolute atomic E-state index is 12.1. The van der Waals surface area contributed by atoms with Crippen molar-refractivity contribution in [2.75, 3.05) is 20.1 Å². The van der Waals surface area contributed by atoms with Crippen LogP contribution in [-0.4, -0.2) is 37.0 Å². The van der Waals surface area contributed by atoms with Crippen molar-refractivity contribution in [2.24, 2.45) is 5.92 Å². The lowest BCUT2D eigenvalue weighted by molar-refractivity contribution is -0.130. The summed E-state index contributed by atoms with van der Waals surface area (Å²) in [6, 6.07) is 0.527. The summed E-state index contributed by atoms with van der Waals surface area (Å²) in [7, 11) is 1.97. The van der Waals surface area contributed by atoms with Gasteiger partial charge in [-0.15, -0.1) is 0 Å². The zero-order valence-electron chi connectivity index (χ0n) is 11.8. The van der Waals surface area contributed by atoms with Crippen molar-refractivity contribution in [1.82, 2.24) is 10.2 Å². The number of nitrogens with one attached hydrogen (secondary N) is 1. The highest BCUT2D eigenvalue weighted by molar-refractivity contribution is 5.75. The fraction of sp³-hybridized carbons (Fsp3) is 0.933. The summed E-state index contributed by atoms with van der Waals surface area (Å²) in [6.07, 6.45) is 11.1. The molecule has 1 N–H and O–H groups in total. The minimum atomic E-state index is 0.342. The van der Waals surface area contributed by atoms with Gasteiger partial charge in [0.15, 0.2) is 0 Å². The highest BCUT2D eigenvalue weighted by atomic mass is 16.2. The van der Waals surface area contributed by atoms with Crippen molar-refractivity contribution in [1.29, 1.82) is 0 Å². The molecule has 1 aliphatic carbocycles. The molecule has 2 fully saturated rings. The van der Waals surface area contributed by atoms with Gasteiger partial charge in [0.05, 0.1) is 0 Å². The molecule has 1 amide bonds. The van der Waals surface area contributed by atoms with Gasteiger partial charge in [0.1, 0.15) is 0 Å². The van der Waals surface area contributed by atoms with Crippen LogP contribution in [0.5, 0.6) is 0 Å². The van der Waals surface area contributed by atoms with Gasteiger partial charge in [0.2, 0.25) is 5.91 Å². The predicted molar refractivity (Wildman–Crippen MR) is 74.5 cm³/mol. The van der Waals surface area contributed by atoms with Crippen molar-refractivity contribution < 1.29 is 4.79 Å². The quantitative estimate of drug-likeness (QED) is 0.815. The van der Waals surface area contributed by atoms with Gasteiger partial charge in [0, 0.05) is 26.1 Å². The van der Waals surface area contributed by atoms with Gasteiger partial charge in [0.25, 0.3) is 0 Å². The van der Waals surface area contributed by atoms with Crippen LogP contribution in [0.2, 0.25) is 0 Å². The molecule has 0 spiro atoms. The normalized spacial score (nSPS) is 25.3. The average molecular weight is 252 g/mol. The molecule has 1 atom stereocenters. The Morgan fingerprint density at radius 2 is 1.89 bits per heavy atom. The Morgan fingerprint density at radius 3 is 2.56 bits per heavy atom. The lowest BCUT2D eigenvalue weighted by Gasteiger charge is -2.28. The van der Waals surface area contributed by atoms with E-state index in [-0.39, 0.29) is 0 Å². The topological polar surface area (TPSA) is 32.3 Å². The molecule has 104 valence electrons. The Hall–Kier alpha value is -0.570. The van der Waals surface area contributed by atoms with Gasteiger partial charge < -0.3 is 10.2 Å². The molecule has 1 heterocycles. The third kappa shape index (κ3) is 4.27. The van der Waals surface area contributed by atoms with E-state index in [2.05, 4.69) is 5.32 Å². The molecule has 1 unspecified atom stereocenters. The van der Waals surface area contributed by atoms with E-state index in [1.165, 1.54) is 44.9 Å². The maximum Gasteiger partial charge on any atom is 0.222 e. The molecule has 1 saturated carbocycles. The molecule has 0 aromatic heterocycles. The van der Waals surface area contributed by atoms with Gasteiger partial charge in [-0.25, -0.2) is 0 Å². The number of carbonyl (C=O) groups excluding carboxylic acids is 1. The molecule has 0 radical (unpaired) electrons. The average Bonchev–Trinajstić information content (AvgIpc) is 2.90. The zero-order chi connectivity index (χ0) is 12.8. The summed E-state index contributed by atoms with van der Waals surface area (Å²) >= 11 is 0. The largest absolute Gasteiger partial charge is 0.344 e. The van der Waals surface area contributed by atoms with Crippen molar-refractivity contribution in [3.05, 3.63) is 0 Å². The minimum absolute atomic E-state index is 0.342. The molecule has 0 aromatic rings. The van der Waals surface area contributed by atoms with E-state index < -0.39 is 0 Å². The Bertz CT molecular complexity index is 255. The predicted octanol–water partition coefficient (Wildman–Crippen LogP) is 2.56. The molecular weight excluding hydrogens is 224 g/mol. The number of hydrogen-bond acceptors (Lipinski definition) is 2. The number of carbonyl (C=O) groups is 1. The van der Waals surface area contributed by atoms with Crippen LogP contribution in [0.4, 0.5) is 0 Å². The highest BCUT2D eigenvalue weighted by Gasteiger charge is 2.20. The van der Waals surface area contributed by atoms with Gasteiger partial charge in [-0.1, -0.05) is 32.1 Å². The number of amides is 1. The first-order valence-corrected chi connectivity index (χ1v) is 7.73. The summed E-state index contributed by atoms with van der Waals surface area (Å²) in [5.74, 6) is 1.17. The Kier molecular flexibility index (Phi) is 5.48. The van der Waals surface area contributed by atoms with E-state index in [4.69, 9.17) is 0 Å². The molecule has 1 aliphatic heterocycles. The number of piperidine rings is 1. The van der Waals surface area contributed by atoms with Crippen LogP contribution in [0, 0.1) is 5.92 Å². The maximum atomic E-state index is 12.1. The molecule has 0 bridgehead atoms. The molecule has 2 rings (SSSR count). The smallest absolute Gasteiger partial charge is 0.222 e. The number of nitrogens with zero attached hydrogens (tertiary/aromatic N) is 1. The summed E-state index contributed by atoms with van der Waals surface area (Å²) in [5.41, 5.74) is 0. The summed E-state index contributed by atoms with van der Waals surface area (Å²) < 4.78 is 0. The van der Waals surface area contributed by atoms with Crippen LogP contribution in [-0.2, 0) is 4.79 Å². The van der Waals surface area contributed by atoms with Gasteiger partial charge >= 0.3 is 0 Å².